The monoisotopic (exact) mass is 435 g/mol. The fraction of sp³-hybridized carbons (Fsp3) is 0.111. The van der Waals surface area contributed by atoms with Gasteiger partial charge >= 0.3 is 0 Å². The van der Waals surface area contributed by atoms with Gasteiger partial charge in [0, 0.05) is 10.2 Å². The molecule has 0 saturated heterocycles. The van der Waals surface area contributed by atoms with E-state index in [4.69, 9.17) is 23.8 Å². The quantitative estimate of drug-likeness (QED) is 0.619. The van der Waals surface area contributed by atoms with Crippen LogP contribution >= 0.6 is 39.7 Å². The first kappa shape index (κ1) is 17.9. The van der Waals surface area contributed by atoms with Gasteiger partial charge in [0.1, 0.15) is 0 Å². The Bertz CT molecular complexity index is 884. The van der Waals surface area contributed by atoms with Crippen LogP contribution in [0, 0.1) is 0 Å². The van der Waals surface area contributed by atoms with E-state index in [0.29, 0.717) is 27.1 Å². The van der Waals surface area contributed by atoms with Crippen LogP contribution in [0.4, 0.5) is 5.69 Å². The fourth-order valence-corrected chi connectivity index (χ4v) is 3.55. The van der Waals surface area contributed by atoms with E-state index in [2.05, 4.69) is 31.9 Å². The highest BCUT2D eigenvalue weighted by atomic mass is 79.9. The number of anilines is 1. The number of carbonyl (C=O) groups excluding carboxylic acids is 1. The van der Waals surface area contributed by atoms with Crippen LogP contribution in [0.1, 0.15) is 18.5 Å². The Morgan fingerprint density at radius 2 is 2.00 bits per heavy atom. The van der Waals surface area contributed by atoms with Crippen molar-refractivity contribution >= 4 is 56.5 Å². The Kier molecular flexibility index (Phi) is 5.42. The summed E-state index contributed by atoms with van der Waals surface area (Å²) in [4.78, 5) is 12.9. The molecule has 1 aliphatic rings. The average Bonchev–Trinajstić information content (AvgIpc) is 2.56. The topological polar surface area (TPSA) is 53.2 Å². The van der Waals surface area contributed by atoms with Gasteiger partial charge in [-0.15, -0.1) is 0 Å². The second kappa shape index (κ2) is 7.56. The third-order valence-electron chi connectivity index (χ3n) is 3.82. The molecule has 25 heavy (non-hydrogen) atoms. The highest BCUT2D eigenvalue weighted by molar-refractivity contribution is 9.10. The highest BCUT2D eigenvalue weighted by Crippen LogP contribution is 2.30. The minimum Gasteiger partial charge on any atom is -0.351 e. The summed E-state index contributed by atoms with van der Waals surface area (Å²) in [5.74, 6) is -0.238. The molecule has 1 atom stereocenters. The lowest BCUT2D eigenvalue weighted by molar-refractivity contribution is -0.113. The molecule has 1 aliphatic heterocycles. The van der Waals surface area contributed by atoms with Crippen LogP contribution in [0.15, 0.2) is 64.3 Å². The summed E-state index contributed by atoms with van der Waals surface area (Å²) < 4.78 is 0.930. The first-order valence-corrected chi connectivity index (χ1v) is 9.13. The molecule has 3 rings (SSSR count). The molecule has 0 aliphatic carbocycles. The van der Waals surface area contributed by atoms with Crippen molar-refractivity contribution in [3.8, 4) is 0 Å². The number of allylic oxidation sites excluding steroid dienone is 1. The number of nitrogens with one attached hydrogen (secondary N) is 3. The summed E-state index contributed by atoms with van der Waals surface area (Å²) in [6.07, 6.45) is 0. The van der Waals surface area contributed by atoms with Gasteiger partial charge in [-0.1, -0.05) is 51.8 Å². The van der Waals surface area contributed by atoms with Gasteiger partial charge in [0.05, 0.1) is 22.3 Å². The van der Waals surface area contributed by atoms with Crippen LogP contribution in [-0.4, -0.2) is 11.0 Å². The second-order valence-corrected chi connectivity index (χ2v) is 7.29. The first-order valence-electron chi connectivity index (χ1n) is 7.55. The molecule has 128 valence electrons. The van der Waals surface area contributed by atoms with Gasteiger partial charge in [0.15, 0.2) is 5.11 Å². The largest absolute Gasteiger partial charge is 0.351 e. The number of amides is 1. The molecule has 0 saturated carbocycles. The van der Waals surface area contributed by atoms with E-state index in [-0.39, 0.29) is 11.9 Å². The van der Waals surface area contributed by atoms with E-state index in [1.807, 2.05) is 43.3 Å². The maximum atomic E-state index is 12.9. The predicted octanol–water partition coefficient (Wildman–Crippen LogP) is 4.53. The summed E-state index contributed by atoms with van der Waals surface area (Å²) in [5, 5.41) is 10.0. The Morgan fingerprint density at radius 3 is 2.72 bits per heavy atom. The Morgan fingerprint density at radius 1 is 1.24 bits per heavy atom. The van der Waals surface area contributed by atoms with Crippen molar-refractivity contribution in [2.45, 2.75) is 13.0 Å². The van der Waals surface area contributed by atoms with E-state index in [9.17, 15) is 4.79 Å². The van der Waals surface area contributed by atoms with Gasteiger partial charge in [-0.05, 0) is 49.0 Å². The van der Waals surface area contributed by atoms with Gasteiger partial charge in [-0.25, -0.2) is 0 Å². The highest BCUT2D eigenvalue weighted by Gasteiger charge is 2.30. The summed E-state index contributed by atoms with van der Waals surface area (Å²) in [5.41, 5.74) is 2.77. The van der Waals surface area contributed by atoms with Gasteiger partial charge in [-0.2, -0.15) is 0 Å². The number of benzene rings is 2. The van der Waals surface area contributed by atoms with Crippen LogP contribution in [0.2, 0.25) is 5.02 Å². The standard InChI is InChI=1S/C18H15BrClN3OS/c1-10-15(17(24)22-14-8-3-2-7-13(14)20)16(23-18(25)21-10)11-5-4-6-12(19)9-11/h2-9,16H,1H3,(H,22,24)(H2,21,23,25)/t16-/m1/s1. The van der Waals surface area contributed by atoms with Crippen LogP contribution in [0.25, 0.3) is 0 Å². The lowest BCUT2D eigenvalue weighted by Crippen LogP contribution is -2.45. The summed E-state index contributed by atoms with van der Waals surface area (Å²) in [7, 11) is 0. The third-order valence-corrected chi connectivity index (χ3v) is 4.86. The normalized spacial score (nSPS) is 16.9. The molecule has 2 aromatic rings. The molecule has 0 aromatic heterocycles. The van der Waals surface area contributed by atoms with Crippen molar-refractivity contribution in [2.24, 2.45) is 0 Å². The van der Waals surface area contributed by atoms with Crippen molar-refractivity contribution in [2.75, 3.05) is 5.32 Å². The summed E-state index contributed by atoms with van der Waals surface area (Å²) >= 11 is 14.9. The van der Waals surface area contributed by atoms with E-state index in [1.54, 1.807) is 12.1 Å². The zero-order valence-corrected chi connectivity index (χ0v) is 16.4. The number of hydrogen-bond donors (Lipinski definition) is 3. The zero-order chi connectivity index (χ0) is 18.0. The number of halogens is 2. The molecule has 1 amide bonds. The molecule has 3 N–H and O–H groups in total. The average molecular weight is 437 g/mol. The number of para-hydroxylation sites is 1. The van der Waals surface area contributed by atoms with E-state index < -0.39 is 0 Å². The van der Waals surface area contributed by atoms with Crippen molar-refractivity contribution in [3.05, 3.63) is 74.9 Å². The zero-order valence-electron chi connectivity index (χ0n) is 13.3. The number of carbonyl (C=O) groups is 1. The van der Waals surface area contributed by atoms with Gasteiger partial charge < -0.3 is 16.0 Å². The summed E-state index contributed by atoms with van der Waals surface area (Å²) in [6.45, 7) is 1.83. The minimum atomic E-state index is -0.353. The summed E-state index contributed by atoms with van der Waals surface area (Å²) in [6, 6.07) is 14.5. The second-order valence-electron chi connectivity index (χ2n) is 5.56. The van der Waals surface area contributed by atoms with Crippen LogP contribution in [-0.2, 0) is 4.79 Å². The first-order chi connectivity index (χ1) is 12.0. The maximum absolute atomic E-state index is 12.9. The Balaban J connectivity index is 1.97. The van der Waals surface area contributed by atoms with E-state index in [1.165, 1.54) is 0 Å². The fourth-order valence-electron chi connectivity index (χ4n) is 2.68. The molecular weight excluding hydrogens is 422 g/mol. The molecule has 4 nitrogen and oxygen atoms in total. The van der Waals surface area contributed by atoms with Crippen molar-refractivity contribution in [1.82, 2.24) is 10.6 Å². The van der Waals surface area contributed by atoms with Gasteiger partial charge in [-0.3, -0.25) is 4.79 Å². The van der Waals surface area contributed by atoms with Crippen molar-refractivity contribution < 1.29 is 4.79 Å². The van der Waals surface area contributed by atoms with Gasteiger partial charge in [0.2, 0.25) is 0 Å². The molecule has 1 heterocycles. The third kappa shape index (κ3) is 4.03. The Hall–Kier alpha value is -1.89. The number of rotatable bonds is 3. The molecule has 0 fully saturated rings. The molecular formula is C18H15BrClN3OS. The lowest BCUT2D eigenvalue weighted by atomic mass is 9.95. The molecule has 2 aromatic carbocycles. The minimum absolute atomic E-state index is 0.238. The van der Waals surface area contributed by atoms with Gasteiger partial charge in [0.25, 0.3) is 5.91 Å². The Labute approximate surface area is 164 Å². The van der Waals surface area contributed by atoms with Crippen molar-refractivity contribution in [1.29, 1.82) is 0 Å². The molecule has 0 bridgehead atoms. The number of thiocarbonyl (C=S) groups is 1. The van der Waals surface area contributed by atoms with E-state index in [0.717, 1.165) is 10.0 Å². The molecule has 0 radical (unpaired) electrons. The predicted molar refractivity (Wildman–Crippen MR) is 109 cm³/mol. The maximum Gasteiger partial charge on any atom is 0.255 e. The molecule has 0 unspecified atom stereocenters. The lowest BCUT2D eigenvalue weighted by Gasteiger charge is -2.30. The van der Waals surface area contributed by atoms with Crippen LogP contribution in [0.3, 0.4) is 0 Å². The number of hydrogen-bond acceptors (Lipinski definition) is 2. The van der Waals surface area contributed by atoms with Crippen LogP contribution in [0.5, 0.6) is 0 Å². The van der Waals surface area contributed by atoms with Crippen LogP contribution < -0.4 is 16.0 Å². The van der Waals surface area contributed by atoms with Crippen molar-refractivity contribution in [3.63, 3.8) is 0 Å². The SMILES string of the molecule is CC1=C(C(=O)Nc2ccccc2Cl)[C@@H](c2cccc(Br)c2)NC(=S)N1. The van der Waals surface area contributed by atoms with E-state index >= 15 is 0 Å². The smallest absolute Gasteiger partial charge is 0.255 e. The molecule has 7 heteroatoms. The molecule has 0 spiro atoms.